The molecule has 0 amide bonds. The zero-order valence-electron chi connectivity index (χ0n) is 13.6. The largest absolute Gasteiger partial charge is 0.321 e. The van der Waals surface area contributed by atoms with E-state index in [1.54, 1.807) is 0 Å². The van der Waals surface area contributed by atoms with Crippen LogP contribution in [-0.4, -0.2) is 4.98 Å². The molecule has 4 rings (SSSR count). The Kier molecular flexibility index (Phi) is 4.01. The van der Waals surface area contributed by atoms with Gasteiger partial charge in [-0.05, 0) is 28.3 Å². The minimum absolute atomic E-state index is 0.0774. The molecule has 0 bridgehead atoms. The highest BCUT2D eigenvalue weighted by Gasteiger charge is 2.14. The summed E-state index contributed by atoms with van der Waals surface area (Å²) in [7, 11) is 0. The van der Waals surface area contributed by atoms with Crippen LogP contribution < -0.4 is 5.56 Å². The van der Waals surface area contributed by atoms with Crippen molar-refractivity contribution >= 4 is 0 Å². The van der Waals surface area contributed by atoms with Crippen molar-refractivity contribution in [2.75, 3.05) is 0 Å². The predicted molar refractivity (Wildman–Crippen MR) is 103 cm³/mol. The minimum atomic E-state index is -0.0774. The Morgan fingerprint density at radius 3 is 1.60 bits per heavy atom. The van der Waals surface area contributed by atoms with Crippen LogP contribution in [0.3, 0.4) is 0 Å². The van der Waals surface area contributed by atoms with Gasteiger partial charge in [0, 0.05) is 5.69 Å². The van der Waals surface area contributed by atoms with Crippen LogP contribution >= 0.6 is 0 Å². The molecule has 3 aromatic carbocycles. The zero-order valence-corrected chi connectivity index (χ0v) is 13.6. The Hall–Kier alpha value is -3.39. The monoisotopic (exact) mass is 323 g/mol. The fourth-order valence-electron chi connectivity index (χ4n) is 3.07. The van der Waals surface area contributed by atoms with Gasteiger partial charge in [0.15, 0.2) is 0 Å². The number of H-pyrrole nitrogens is 1. The van der Waals surface area contributed by atoms with E-state index in [1.807, 2.05) is 91.0 Å². The molecule has 2 nitrogen and oxygen atoms in total. The van der Waals surface area contributed by atoms with Crippen LogP contribution in [-0.2, 0) is 0 Å². The molecule has 0 saturated heterocycles. The number of hydrogen-bond donors (Lipinski definition) is 1. The Morgan fingerprint density at radius 2 is 1.04 bits per heavy atom. The van der Waals surface area contributed by atoms with Gasteiger partial charge in [-0.25, -0.2) is 0 Å². The molecule has 2 heteroatoms. The van der Waals surface area contributed by atoms with E-state index in [4.69, 9.17) is 0 Å². The highest BCUT2D eigenvalue weighted by Crippen LogP contribution is 2.31. The first-order valence-electron chi connectivity index (χ1n) is 8.26. The number of aromatic nitrogens is 1. The van der Waals surface area contributed by atoms with Crippen LogP contribution in [0, 0.1) is 0 Å². The lowest BCUT2D eigenvalue weighted by Gasteiger charge is -2.12. The van der Waals surface area contributed by atoms with Gasteiger partial charge in [0.05, 0.1) is 5.56 Å². The number of nitrogens with one attached hydrogen (secondary N) is 1. The van der Waals surface area contributed by atoms with E-state index in [0.717, 1.165) is 27.9 Å². The van der Waals surface area contributed by atoms with Crippen molar-refractivity contribution in [2.45, 2.75) is 0 Å². The smallest absolute Gasteiger partial charge is 0.256 e. The average molecular weight is 323 g/mol. The van der Waals surface area contributed by atoms with Gasteiger partial charge in [-0.15, -0.1) is 0 Å². The van der Waals surface area contributed by atoms with Crippen LogP contribution in [0.1, 0.15) is 0 Å². The summed E-state index contributed by atoms with van der Waals surface area (Å²) in [6, 6.07) is 31.8. The minimum Gasteiger partial charge on any atom is -0.321 e. The molecule has 1 aromatic heterocycles. The molecule has 0 fully saturated rings. The summed E-state index contributed by atoms with van der Waals surface area (Å²) in [5.41, 5.74) is 5.33. The van der Waals surface area contributed by atoms with Crippen molar-refractivity contribution in [1.82, 2.24) is 4.98 Å². The molecule has 0 atom stereocenters. The number of hydrogen-bond acceptors (Lipinski definition) is 1. The SMILES string of the molecule is O=c1[nH]c(-c2ccccc2)cc(-c2ccccc2)c1-c1ccccc1. The molecule has 120 valence electrons. The molecule has 0 spiro atoms. The van der Waals surface area contributed by atoms with Crippen LogP contribution in [0.4, 0.5) is 0 Å². The molecular weight excluding hydrogens is 306 g/mol. The molecule has 0 aliphatic rings. The first-order valence-corrected chi connectivity index (χ1v) is 8.26. The molecule has 0 unspecified atom stereocenters. The topological polar surface area (TPSA) is 32.9 Å². The van der Waals surface area contributed by atoms with Crippen LogP contribution in [0.25, 0.3) is 33.5 Å². The number of pyridine rings is 1. The van der Waals surface area contributed by atoms with Crippen LogP contribution in [0.15, 0.2) is 102 Å². The van der Waals surface area contributed by atoms with Crippen LogP contribution in [0.5, 0.6) is 0 Å². The quantitative estimate of drug-likeness (QED) is 0.540. The maximum atomic E-state index is 13.0. The lowest BCUT2D eigenvalue weighted by atomic mass is 9.94. The molecule has 1 heterocycles. The molecule has 0 aliphatic carbocycles. The second-order valence-electron chi connectivity index (χ2n) is 5.90. The van der Waals surface area contributed by atoms with Crippen molar-refractivity contribution < 1.29 is 0 Å². The summed E-state index contributed by atoms with van der Waals surface area (Å²) >= 11 is 0. The third kappa shape index (κ3) is 3.02. The van der Waals surface area contributed by atoms with E-state index in [2.05, 4.69) is 11.1 Å². The van der Waals surface area contributed by atoms with Gasteiger partial charge < -0.3 is 4.98 Å². The van der Waals surface area contributed by atoms with Crippen molar-refractivity contribution in [1.29, 1.82) is 0 Å². The molecule has 0 saturated carbocycles. The van der Waals surface area contributed by atoms with Gasteiger partial charge in [-0.1, -0.05) is 91.0 Å². The molecule has 1 N–H and O–H groups in total. The predicted octanol–water partition coefficient (Wildman–Crippen LogP) is 5.38. The highest BCUT2D eigenvalue weighted by molar-refractivity contribution is 5.85. The molecule has 25 heavy (non-hydrogen) atoms. The van der Waals surface area contributed by atoms with Crippen LogP contribution in [0.2, 0.25) is 0 Å². The third-order valence-electron chi connectivity index (χ3n) is 4.27. The summed E-state index contributed by atoms with van der Waals surface area (Å²) in [5.74, 6) is 0. The zero-order chi connectivity index (χ0) is 17.1. The van der Waals surface area contributed by atoms with Gasteiger partial charge >= 0.3 is 0 Å². The van der Waals surface area contributed by atoms with E-state index in [-0.39, 0.29) is 5.56 Å². The van der Waals surface area contributed by atoms with E-state index in [0.29, 0.717) is 5.56 Å². The summed E-state index contributed by atoms with van der Waals surface area (Å²) in [6.07, 6.45) is 0. The summed E-state index contributed by atoms with van der Waals surface area (Å²) in [4.78, 5) is 16.0. The Labute approximate surface area is 146 Å². The normalized spacial score (nSPS) is 10.6. The van der Waals surface area contributed by atoms with E-state index in [1.165, 1.54) is 0 Å². The van der Waals surface area contributed by atoms with Crippen molar-refractivity contribution in [3.63, 3.8) is 0 Å². The van der Waals surface area contributed by atoms with Gasteiger partial charge in [0.25, 0.3) is 5.56 Å². The van der Waals surface area contributed by atoms with Gasteiger partial charge in [0.2, 0.25) is 0 Å². The summed E-state index contributed by atoms with van der Waals surface area (Å²) in [6.45, 7) is 0. The Morgan fingerprint density at radius 1 is 0.560 bits per heavy atom. The summed E-state index contributed by atoms with van der Waals surface area (Å²) in [5, 5.41) is 0. The van der Waals surface area contributed by atoms with Gasteiger partial charge in [-0.3, -0.25) is 4.79 Å². The second-order valence-corrected chi connectivity index (χ2v) is 5.90. The van der Waals surface area contributed by atoms with E-state index >= 15 is 0 Å². The maximum Gasteiger partial charge on any atom is 0.256 e. The summed E-state index contributed by atoms with van der Waals surface area (Å²) < 4.78 is 0. The molecular formula is C23H17NO. The average Bonchev–Trinajstić information content (AvgIpc) is 2.69. The van der Waals surface area contributed by atoms with Gasteiger partial charge in [-0.2, -0.15) is 0 Å². The molecule has 4 aromatic rings. The Bertz CT molecular complexity index is 1040. The first-order chi connectivity index (χ1) is 12.3. The first kappa shape index (κ1) is 15.2. The van der Waals surface area contributed by atoms with Crippen molar-refractivity contribution in [3.05, 3.63) is 107 Å². The maximum absolute atomic E-state index is 13.0. The third-order valence-corrected chi connectivity index (χ3v) is 4.27. The fraction of sp³-hybridized carbons (Fsp3) is 0. The highest BCUT2D eigenvalue weighted by atomic mass is 16.1. The lowest BCUT2D eigenvalue weighted by molar-refractivity contribution is 1.24. The Balaban J connectivity index is 2.01. The standard InChI is InChI=1S/C23H17NO/c25-23-22(19-14-8-3-9-15-19)20(17-10-4-1-5-11-17)16-21(24-23)18-12-6-2-7-13-18/h1-16H,(H,24,25). The second kappa shape index (κ2) is 6.62. The number of rotatable bonds is 3. The van der Waals surface area contributed by atoms with Crippen molar-refractivity contribution in [2.24, 2.45) is 0 Å². The van der Waals surface area contributed by atoms with Gasteiger partial charge in [0.1, 0.15) is 0 Å². The molecule has 0 radical (unpaired) electrons. The number of aromatic amines is 1. The van der Waals surface area contributed by atoms with E-state index in [9.17, 15) is 4.79 Å². The lowest BCUT2D eigenvalue weighted by Crippen LogP contribution is -2.11. The molecule has 0 aliphatic heterocycles. The number of benzene rings is 3. The van der Waals surface area contributed by atoms with Crippen molar-refractivity contribution in [3.8, 4) is 33.5 Å². The fourth-order valence-corrected chi connectivity index (χ4v) is 3.07. The van der Waals surface area contributed by atoms with E-state index < -0.39 is 0 Å².